The Hall–Kier alpha value is -1.10. The first-order valence-corrected chi connectivity index (χ1v) is 7.31. The van der Waals surface area contributed by atoms with Crippen molar-refractivity contribution in [2.24, 2.45) is 0 Å². The third-order valence-electron chi connectivity index (χ3n) is 2.91. The largest absolute Gasteiger partial charge is 0.454 e. The molecule has 2 aromatic rings. The number of rotatable bonds is 3. The normalized spacial score (nSPS) is 14.5. The van der Waals surface area contributed by atoms with Crippen molar-refractivity contribution in [3.05, 3.63) is 38.5 Å². The van der Waals surface area contributed by atoms with Crippen molar-refractivity contribution in [3.8, 4) is 11.5 Å². The second kappa shape index (κ2) is 5.12. The lowest BCUT2D eigenvalue weighted by atomic mass is 10.1. The van der Waals surface area contributed by atoms with Gasteiger partial charge in [0.05, 0.1) is 14.7 Å². The molecule has 1 N–H and O–H groups in total. The number of fused-ring (bicyclic) bond motifs is 1. The second-order valence-corrected chi connectivity index (χ2v) is 6.50. The lowest BCUT2D eigenvalue weighted by molar-refractivity contribution is 0.174. The van der Waals surface area contributed by atoms with Gasteiger partial charge in [-0.2, -0.15) is 0 Å². The van der Waals surface area contributed by atoms with Crippen LogP contribution in [0.2, 0.25) is 8.67 Å². The standard InChI is InChI=1S/C13H11Cl2NO2S/c1-7(9-5-12(14)19-13(9)15)16-8-2-3-10-11(4-8)18-6-17-10/h2-5,7,16H,6H2,1H3. The van der Waals surface area contributed by atoms with E-state index in [0.717, 1.165) is 22.7 Å². The summed E-state index contributed by atoms with van der Waals surface area (Å²) >= 11 is 13.5. The van der Waals surface area contributed by atoms with E-state index in [4.69, 9.17) is 32.7 Å². The van der Waals surface area contributed by atoms with Gasteiger partial charge in [-0.05, 0) is 25.1 Å². The van der Waals surface area contributed by atoms with Gasteiger partial charge in [0.1, 0.15) is 0 Å². The highest BCUT2D eigenvalue weighted by Crippen LogP contribution is 2.38. The number of thiophene rings is 1. The number of hydrogen-bond donors (Lipinski definition) is 1. The molecule has 100 valence electrons. The van der Waals surface area contributed by atoms with Gasteiger partial charge >= 0.3 is 0 Å². The summed E-state index contributed by atoms with van der Waals surface area (Å²) < 4.78 is 12.0. The summed E-state index contributed by atoms with van der Waals surface area (Å²) in [5.74, 6) is 1.53. The predicted octanol–water partition coefficient (Wildman–Crippen LogP) is 4.96. The minimum absolute atomic E-state index is 0.0663. The van der Waals surface area contributed by atoms with Crippen LogP contribution in [0, 0.1) is 0 Å². The zero-order valence-corrected chi connectivity index (χ0v) is 12.4. The molecule has 3 rings (SSSR count). The maximum Gasteiger partial charge on any atom is 0.231 e. The molecule has 0 radical (unpaired) electrons. The van der Waals surface area contributed by atoms with Crippen molar-refractivity contribution in [1.82, 2.24) is 0 Å². The third-order valence-corrected chi connectivity index (χ3v) is 4.42. The van der Waals surface area contributed by atoms with Crippen molar-refractivity contribution in [2.45, 2.75) is 13.0 Å². The van der Waals surface area contributed by atoms with Crippen LogP contribution in [-0.2, 0) is 0 Å². The van der Waals surface area contributed by atoms with Crippen LogP contribution in [0.1, 0.15) is 18.5 Å². The molecule has 19 heavy (non-hydrogen) atoms. The third kappa shape index (κ3) is 2.61. The number of benzene rings is 1. The fourth-order valence-electron chi connectivity index (χ4n) is 1.96. The predicted molar refractivity (Wildman–Crippen MR) is 78.9 cm³/mol. The van der Waals surface area contributed by atoms with Crippen LogP contribution in [-0.4, -0.2) is 6.79 Å². The molecule has 2 heterocycles. The van der Waals surface area contributed by atoms with Crippen LogP contribution in [0.5, 0.6) is 11.5 Å². The van der Waals surface area contributed by atoms with E-state index in [-0.39, 0.29) is 12.8 Å². The van der Waals surface area contributed by atoms with Crippen molar-refractivity contribution in [2.75, 3.05) is 12.1 Å². The lowest BCUT2D eigenvalue weighted by Crippen LogP contribution is -2.05. The van der Waals surface area contributed by atoms with E-state index in [0.29, 0.717) is 8.67 Å². The zero-order chi connectivity index (χ0) is 13.4. The molecule has 1 aliphatic rings. The maximum absolute atomic E-state index is 6.15. The van der Waals surface area contributed by atoms with Gasteiger partial charge in [0.2, 0.25) is 6.79 Å². The molecule has 1 atom stereocenters. The lowest BCUT2D eigenvalue weighted by Gasteiger charge is -2.15. The van der Waals surface area contributed by atoms with Crippen LogP contribution >= 0.6 is 34.5 Å². The van der Waals surface area contributed by atoms with E-state index < -0.39 is 0 Å². The Kier molecular flexibility index (Phi) is 3.48. The van der Waals surface area contributed by atoms with Gasteiger partial charge < -0.3 is 14.8 Å². The summed E-state index contributed by atoms with van der Waals surface area (Å²) in [6, 6.07) is 7.71. The minimum atomic E-state index is 0.0663. The molecule has 0 saturated carbocycles. The first-order valence-electron chi connectivity index (χ1n) is 5.74. The summed E-state index contributed by atoms with van der Waals surface area (Å²) in [4.78, 5) is 0. The molecule has 0 saturated heterocycles. The Labute approximate surface area is 125 Å². The summed E-state index contributed by atoms with van der Waals surface area (Å²) in [6.07, 6.45) is 0. The fraction of sp³-hybridized carbons (Fsp3) is 0.231. The van der Waals surface area contributed by atoms with Crippen LogP contribution in [0.25, 0.3) is 0 Å². The van der Waals surface area contributed by atoms with E-state index in [1.807, 2.05) is 31.2 Å². The van der Waals surface area contributed by atoms with Gasteiger partial charge in [-0.25, -0.2) is 0 Å². The number of halogens is 2. The minimum Gasteiger partial charge on any atom is -0.454 e. The molecule has 0 amide bonds. The zero-order valence-electron chi connectivity index (χ0n) is 10.1. The highest BCUT2D eigenvalue weighted by molar-refractivity contribution is 7.20. The molecule has 0 spiro atoms. The summed E-state index contributed by atoms with van der Waals surface area (Å²) in [6.45, 7) is 2.31. The molecule has 3 nitrogen and oxygen atoms in total. The van der Waals surface area contributed by atoms with Gasteiger partial charge in [0.25, 0.3) is 0 Å². The Morgan fingerprint density at radius 3 is 2.74 bits per heavy atom. The highest BCUT2D eigenvalue weighted by Gasteiger charge is 2.16. The molecule has 0 aliphatic carbocycles. The first-order chi connectivity index (χ1) is 9.13. The molecule has 0 bridgehead atoms. The van der Waals surface area contributed by atoms with Crippen LogP contribution in [0.4, 0.5) is 5.69 Å². The summed E-state index contributed by atoms with van der Waals surface area (Å²) in [7, 11) is 0. The summed E-state index contributed by atoms with van der Waals surface area (Å²) in [5.41, 5.74) is 1.95. The van der Waals surface area contributed by atoms with E-state index in [2.05, 4.69) is 5.32 Å². The quantitative estimate of drug-likeness (QED) is 0.868. The highest BCUT2D eigenvalue weighted by atomic mass is 35.5. The van der Waals surface area contributed by atoms with Crippen LogP contribution in [0.15, 0.2) is 24.3 Å². The molecular formula is C13H11Cl2NO2S. The van der Waals surface area contributed by atoms with Crippen LogP contribution < -0.4 is 14.8 Å². The van der Waals surface area contributed by atoms with E-state index in [1.54, 1.807) is 0 Å². The molecule has 0 fully saturated rings. The smallest absolute Gasteiger partial charge is 0.231 e. The van der Waals surface area contributed by atoms with Gasteiger partial charge in [0.15, 0.2) is 11.5 Å². The van der Waals surface area contributed by atoms with Crippen molar-refractivity contribution < 1.29 is 9.47 Å². The number of hydrogen-bond acceptors (Lipinski definition) is 4. The molecular weight excluding hydrogens is 305 g/mol. The topological polar surface area (TPSA) is 30.5 Å². The Morgan fingerprint density at radius 1 is 1.21 bits per heavy atom. The first kappa shape index (κ1) is 12.9. The maximum atomic E-state index is 6.15. The van der Waals surface area contributed by atoms with Gasteiger partial charge in [-0.15, -0.1) is 11.3 Å². The average molecular weight is 316 g/mol. The summed E-state index contributed by atoms with van der Waals surface area (Å²) in [5, 5.41) is 3.37. The van der Waals surface area contributed by atoms with E-state index in [9.17, 15) is 0 Å². The van der Waals surface area contributed by atoms with Gasteiger partial charge in [-0.1, -0.05) is 23.2 Å². The molecule has 1 aromatic carbocycles. The van der Waals surface area contributed by atoms with Crippen molar-refractivity contribution in [3.63, 3.8) is 0 Å². The molecule has 1 aromatic heterocycles. The number of nitrogens with one attached hydrogen (secondary N) is 1. The second-order valence-electron chi connectivity index (χ2n) is 4.21. The Bertz CT molecular complexity index is 615. The average Bonchev–Trinajstić information content (AvgIpc) is 2.94. The Morgan fingerprint density at radius 2 is 2.00 bits per heavy atom. The number of anilines is 1. The van der Waals surface area contributed by atoms with E-state index in [1.165, 1.54) is 11.3 Å². The molecule has 1 aliphatic heterocycles. The van der Waals surface area contributed by atoms with Gasteiger partial charge in [-0.3, -0.25) is 0 Å². The monoisotopic (exact) mass is 315 g/mol. The number of ether oxygens (including phenoxy) is 2. The van der Waals surface area contributed by atoms with E-state index >= 15 is 0 Å². The molecule has 6 heteroatoms. The van der Waals surface area contributed by atoms with Crippen molar-refractivity contribution >= 4 is 40.2 Å². The van der Waals surface area contributed by atoms with Crippen LogP contribution in [0.3, 0.4) is 0 Å². The van der Waals surface area contributed by atoms with Gasteiger partial charge in [0, 0.05) is 17.3 Å². The molecule has 1 unspecified atom stereocenters. The van der Waals surface area contributed by atoms with Crippen molar-refractivity contribution in [1.29, 1.82) is 0 Å². The Balaban J connectivity index is 1.79. The fourth-order valence-corrected chi connectivity index (χ4v) is 3.61. The SMILES string of the molecule is CC(Nc1ccc2c(c1)OCO2)c1cc(Cl)sc1Cl.